The van der Waals surface area contributed by atoms with Gasteiger partial charge in [-0.25, -0.2) is 10.3 Å². The molecule has 76 valence electrons. The van der Waals surface area contributed by atoms with Gasteiger partial charge in [-0.05, 0) is 18.4 Å². The Morgan fingerprint density at radius 1 is 1.29 bits per heavy atom. The molecule has 0 spiro atoms. The minimum absolute atomic E-state index is 0.557. The van der Waals surface area contributed by atoms with Gasteiger partial charge in [0.15, 0.2) is 0 Å². The Bertz CT molecular complexity index is 275. The number of carbonyl (C=O) groups is 1. The summed E-state index contributed by atoms with van der Waals surface area (Å²) < 4.78 is 0. The summed E-state index contributed by atoms with van der Waals surface area (Å²) in [6.45, 7) is 0.557. The SMILES string of the molecule is O=C(NO)NCCCc1ccccc1. The lowest BCUT2D eigenvalue weighted by atomic mass is 10.1. The summed E-state index contributed by atoms with van der Waals surface area (Å²) in [6.07, 6.45) is 1.78. The Morgan fingerprint density at radius 2 is 2.00 bits per heavy atom. The van der Waals surface area contributed by atoms with Crippen LogP contribution in [0.15, 0.2) is 30.3 Å². The van der Waals surface area contributed by atoms with Gasteiger partial charge in [0.1, 0.15) is 0 Å². The lowest BCUT2D eigenvalue weighted by molar-refractivity contribution is 0.161. The molecule has 1 aromatic rings. The van der Waals surface area contributed by atoms with Crippen LogP contribution in [0.1, 0.15) is 12.0 Å². The zero-order valence-electron chi connectivity index (χ0n) is 7.86. The van der Waals surface area contributed by atoms with Gasteiger partial charge in [-0.1, -0.05) is 30.3 Å². The van der Waals surface area contributed by atoms with Crippen LogP contribution in [0.3, 0.4) is 0 Å². The molecule has 1 rings (SSSR count). The highest BCUT2D eigenvalue weighted by molar-refractivity contribution is 5.72. The maximum Gasteiger partial charge on any atom is 0.338 e. The zero-order chi connectivity index (χ0) is 10.2. The number of hydroxylamine groups is 1. The van der Waals surface area contributed by atoms with Gasteiger partial charge in [-0.2, -0.15) is 0 Å². The molecule has 0 aliphatic rings. The predicted molar refractivity (Wildman–Crippen MR) is 53.1 cm³/mol. The molecule has 0 aromatic heterocycles. The average Bonchev–Trinajstić information content (AvgIpc) is 2.25. The average molecular weight is 194 g/mol. The molecule has 2 amide bonds. The zero-order valence-corrected chi connectivity index (χ0v) is 7.86. The molecule has 0 heterocycles. The van der Waals surface area contributed by atoms with E-state index in [-0.39, 0.29) is 0 Å². The number of aryl methyl sites for hydroxylation is 1. The van der Waals surface area contributed by atoms with Crippen molar-refractivity contribution in [2.75, 3.05) is 6.54 Å². The molecule has 0 bridgehead atoms. The minimum Gasteiger partial charge on any atom is -0.336 e. The number of rotatable bonds is 4. The lowest BCUT2D eigenvalue weighted by Crippen LogP contribution is -2.33. The Balaban J connectivity index is 2.13. The number of nitrogens with one attached hydrogen (secondary N) is 2. The van der Waals surface area contributed by atoms with E-state index in [1.165, 1.54) is 11.0 Å². The summed E-state index contributed by atoms with van der Waals surface area (Å²) in [4.78, 5) is 10.6. The van der Waals surface area contributed by atoms with Crippen LogP contribution in [-0.2, 0) is 6.42 Å². The van der Waals surface area contributed by atoms with Gasteiger partial charge in [-0.15, -0.1) is 0 Å². The summed E-state index contributed by atoms with van der Waals surface area (Å²) in [6, 6.07) is 9.49. The molecule has 0 aliphatic carbocycles. The normalized spacial score (nSPS) is 9.50. The first-order valence-electron chi connectivity index (χ1n) is 4.55. The molecule has 3 N–H and O–H groups in total. The highest BCUT2D eigenvalue weighted by Crippen LogP contribution is 2.01. The van der Waals surface area contributed by atoms with E-state index in [1.54, 1.807) is 0 Å². The van der Waals surface area contributed by atoms with E-state index in [4.69, 9.17) is 5.21 Å². The predicted octanol–water partition coefficient (Wildman–Crippen LogP) is 1.31. The largest absolute Gasteiger partial charge is 0.338 e. The summed E-state index contributed by atoms with van der Waals surface area (Å²) in [5.74, 6) is 0. The van der Waals surface area contributed by atoms with Crippen LogP contribution in [0.5, 0.6) is 0 Å². The number of amides is 2. The number of benzene rings is 1. The Hall–Kier alpha value is -1.55. The molecule has 0 atom stereocenters. The Labute approximate surface area is 82.9 Å². The van der Waals surface area contributed by atoms with Gasteiger partial charge < -0.3 is 5.32 Å². The molecule has 14 heavy (non-hydrogen) atoms. The van der Waals surface area contributed by atoms with Crippen molar-refractivity contribution in [1.29, 1.82) is 0 Å². The second-order valence-electron chi connectivity index (χ2n) is 2.96. The van der Waals surface area contributed by atoms with Crippen molar-refractivity contribution < 1.29 is 10.0 Å². The number of urea groups is 1. The molecule has 0 saturated heterocycles. The lowest BCUT2D eigenvalue weighted by Gasteiger charge is -2.03. The number of carbonyl (C=O) groups excluding carboxylic acids is 1. The third-order valence-corrected chi connectivity index (χ3v) is 1.87. The van der Waals surface area contributed by atoms with E-state index in [0.29, 0.717) is 6.54 Å². The number of hydrogen-bond acceptors (Lipinski definition) is 2. The maximum atomic E-state index is 10.6. The van der Waals surface area contributed by atoms with Crippen LogP contribution in [0.25, 0.3) is 0 Å². The molecule has 0 aliphatic heterocycles. The standard InChI is InChI=1S/C10H14N2O2/c13-10(12-14)11-8-4-7-9-5-2-1-3-6-9/h1-3,5-6,14H,4,7-8H2,(H2,11,12,13). The topological polar surface area (TPSA) is 61.4 Å². The first-order chi connectivity index (χ1) is 6.83. The van der Waals surface area contributed by atoms with Crippen molar-refractivity contribution in [3.05, 3.63) is 35.9 Å². The first-order valence-corrected chi connectivity index (χ1v) is 4.55. The van der Waals surface area contributed by atoms with Gasteiger partial charge in [0.05, 0.1) is 0 Å². The van der Waals surface area contributed by atoms with Crippen molar-refractivity contribution in [3.63, 3.8) is 0 Å². The summed E-state index contributed by atoms with van der Waals surface area (Å²) in [5, 5.41) is 10.7. The van der Waals surface area contributed by atoms with Gasteiger partial charge in [0.2, 0.25) is 0 Å². The smallest absolute Gasteiger partial charge is 0.336 e. The molecule has 4 heteroatoms. The molecule has 1 aromatic carbocycles. The molecule has 0 radical (unpaired) electrons. The van der Waals surface area contributed by atoms with Crippen LogP contribution in [-0.4, -0.2) is 17.8 Å². The second-order valence-corrected chi connectivity index (χ2v) is 2.96. The van der Waals surface area contributed by atoms with Crippen LogP contribution < -0.4 is 10.8 Å². The van der Waals surface area contributed by atoms with Crippen molar-refractivity contribution in [2.45, 2.75) is 12.8 Å². The summed E-state index contributed by atoms with van der Waals surface area (Å²) in [5.41, 5.74) is 2.76. The van der Waals surface area contributed by atoms with Crippen molar-refractivity contribution in [3.8, 4) is 0 Å². The van der Waals surface area contributed by atoms with Gasteiger partial charge in [-0.3, -0.25) is 5.21 Å². The van der Waals surface area contributed by atoms with Crippen LogP contribution >= 0.6 is 0 Å². The van der Waals surface area contributed by atoms with Crippen molar-refractivity contribution in [2.24, 2.45) is 0 Å². The monoisotopic (exact) mass is 194 g/mol. The molecule has 0 saturated carbocycles. The minimum atomic E-state index is -0.557. The van der Waals surface area contributed by atoms with Gasteiger partial charge in [0.25, 0.3) is 0 Å². The fourth-order valence-corrected chi connectivity index (χ4v) is 1.18. The fourth-order valence-electron chi connectivity index (χ4n) is 1.18. The summed E-state index contributed by atoms with van der Waals surface area (Å²) >= 11 is 0. The molecular formula is C10H14N2O2. The highest BCUT2D eigenvalue weighted by atomic mass is 16.5. The molecule has 0 unspecified atom stereocenters. The molecule has 0 fully saturated rings. The Kier molecular flexibility index (Phi) is 4.50. The highest BCUT2D eigenvalue weighted by Gasteiger charge is 1.95. The molecular weight excluding hydrogens is 180 g/mol. The van der Waals surface area contributed by atoms with Crippen LogP contribution in [0, 0.1) is 0 Å². The van der Waals surface area contributed by atoms with Gasteiger partial charge in [0, 0.05) is 6.54 Å². The second kappa shape index (κ2) is 5.99. The number of hydrogen-bond donors (Lipinski definition) is 3. The van der Waals surface area contributed by atoms with Crippen LogP contribution in [0.2, 0.25) is 0 Å². The van der Waals surface area contributed by atoms with Gasteiger partial charge >= 0.3 is 6.03 Å². The van der Waals surface area contributed by atoms with Crippen molar-refractivity contribution in [1.82, 2.24) is 10.8 Å². The van der Waals surface area contributed by atoms with E-state index in [2.05, 4.69) is 5.32 Å². The fraction of sp³-hybridized carbons (Fsp3) is 0.300. The van der Waals surface area contributed by atoms with Crippen molar-refractivity contribution >= 4 is 6.03 Å². The molecule has 4 nitrogen and oxygen atoms in total. The van der Waals surface area contributed by atoms with E-state index < -0.39 is 6.03 Å². The van der Waals surface area contributed by atoms with E-state index in [9.17, 15) is 4.79 Å². The third-order valence-electron chi connectivity index (χ3n) is 1.87. The van der Waals surface area contributed by atoms with E-state index >= 15 is 0 Å². The quantitative estimate of drug-likeness (QED) is 0.384. The van der Waals surface area contributed by atoms with Crippen LogP contribution in [0.4, 0.5) is 4.79 Å². The Morgan fingerprint density at radius 3 is 2.64 bits per heavy atom. The first kappa shape index (κ1) is 10.5. The van der Waals surface area contributed by atoms with E-state index in [0.717, 1.165) is 12.8 Å². The summed E-state index contributed by atoms with van der Waals surface area (Å²) in [7, 11) is 0. The van der Waals surface area contributed by atoms with E-state index in [1.807, 2.05) is 30.3 Å². The third kappa shape index (κ3) is 3.91. The maximum absolute atomic E-state index is 10.6.